The van der Waals surface area contributed by atoms with E-state index in [9.17, 15) is 0 Å². The van der Waals surface area contributed by atoms with Crippen LogP contribution in [0.2, 0.25) is 0 Å². The van der Waals surface area contributed by atoms with Gasteiger partial charge in [-0.3, -0.25) is 0 Å². The number of hydrogen-bond acceptors (Lipinski definition) is 2. The van der Waals surface area contributed by atoms with E-state index in [1.165, 1.54) is 0 Å². The predicted octanol–water partition coefficient (Wildman–Crippen LogP) is 1.53. The van der Waals surface area contributed by atoms with Crippen molar-refractivity contribution in [3.63, 3.8) is 0 Å². The lowest BCUT2D eigenvalue weighted by molar-refractivity contribution is 0.467. The molecular formula is C8H16N2. The van der Waals surface area contributed by atoms with Crippen LogP contribution in [0.3, 0.4) is 0 Å². The molecule has 0 heterocycles. The minimum absolute atomic E-state index is 0.117. The largest absolute Gasteiger partial charge is 0.313 e. The third-order valence-electron chi connectivity index (χ3n) is 1.67. The number of nitriles is 1. The molecule has 2 unspecified atom stereocenters. The Morgan fingerprint density at radius 3 is 2.50 bits per heavy atom. The van der Waals surface area contributed by atoms with Gasteiger partial charge in [-0.2, -0.15) is 5.26 Å². The van der Waals surface area contributed by atoms with Gasteiger partial charge in [-0.15, -0.1) is 0 Å². The zero-order chi connectivity index (χ0) is 7.98. The molecule has 0 radical (unpaired) electrons. The Balaban J connectivity index is 3.43. The van der Waals surface area contributed by atoms with Crippen LogP contribution < -0.4 is 5.32 Å². The Labute approximate surface area is 63.2 Å². The fourth-order valence-electron chi connectivity index (χ4n) is 0.661. The summed E-state index contributed by atoms with van der Waals surface area (Å²) in [7, 11) is 0. The summed E-state index contributed by atoms with van der Waals surface area (Å²) in [6, 6.07) is 2.54. The summed E-state index contributed by atoms with van der Waals surface area (Å²) in [5.41, 5.74) is 0. The van der Waals surface area contributed by atoms with Gasteiger partial charge in [0, 0.05) is 6.04 Å². The molecule has 0 aromatic carbocycles. The average molecular weight is 140 g/mol. The van der Waals surface area contributed by atoms with Gasteiger partial charge in [0.15, 0.2) is 0 Å². The highest BCUT2D eigenvalue weighted by atomic mass is 14.9. The van der Waals surface area contributed by atoms with E-state index in [4.69, 9.17) is 5.26 Å². The smallest absolute Gasteiger partial charge is 0.0669 e. The van der Waals surface area contributed by atoms with Gasteiger partial charge >= 0.3 is 0 Å². The fraction of sp³-hybridized carbons (Fsp3) is 0.875. The molecule has 2 atom stereocenters. The van der Waals surface area contributed by atoms with E-state index >= 15 is 0 Å². The first-order valence-corrected chi connectivity index (χ1v) is 3.85. The second-order valence-corrected chi connectivity index (χ2v) is 2.66. The lowest BCUT2D eigenvalue weighted by atomic mass is 10.1. The van der Waals surface area contributed by atoms with Crippen molar-refractivity contribution < 1.29 is 0 Å². The number of hydrogen-bond donors (Lipinski definition) is 1. The van der Waals surface area contributed by atoms with E-state index in [0.717, 1.165) is 13.0 Å². The van der Waals surface area contributed by atoms with Crippen LogP contribution in [-0.4, -0.2) is 12.6 Å². The maximum absolute atomic E-state index is 8.51. The first-order chi connectivity index (χ1) is 4.72. The van der Waals surface area contributed by atoms with Gasteiger partial charge < -0.3 is 5.32 Å². The summed E-state index contributed by atoms with van der Waals surface area (Å²) >= 11 is 0. The lowest BCUT2D eigenvalue weighted by Gasteiger charge is -2.14. The van der Waals surface area contributed by atoms with Crippen LogP contribution >= 0.6 is 0 Å². The van der Waals surface area contributed by atoms with Crippen molar-refractivity contribution in [2.75, 3.05) is 6.54 Å². The molecule has 0 rings (SSSR count). The number of nitrogens with zero attached hydrogens (tertiary/aromatic N) is 1. The zero-order valence-electron chi connectivity index (χ0n) is 7.02. The van der Waals surface area contributed by atoms with E-state index < -0.39 is 0 Å². The molecule has 0 aliphatic heterocycles. The molecular weight excluding hydrogens is 124 g/mol. The fourth-order valence-corrected chi connectivity index (χ4v) is 0.661. The highest BCUT2D eigenvalue weighted by molar-refractivity contribution is 4.86. The number of rotatable bonds is 4. The van der Waals surface area contributed by atoms with Gasteiger partial charge in [-0.1, -0.05) is 6.92 Å². The second kappa shape index (κ2) is 5.25. The summed E-state index contributed by atoms with van der Waals surface area (Å²) in [6.45, 7) is 7.11. The van der Waals surface area contributed by atoms with Gasteiger partial charge in [0.1, 0.15) is 0 Å². The topological polar surface area (TPSA) is 35.8 Å². The highest BCUT2D eigenvalue weighted by Crippen LogP contribution is 1.98. The summed E-state index contributed by atoms with van der Waals surface area (Å²) in [6.07, 6.45) is 1.13. The third-order valence-corrected chi connectivity index (χ3v) is 1.67. The molecule has 2 heteroatoms. The molecule has 0 aliphatic carbocycles. The van der Waals surface area contributed by atoms with Crippen molar-refractivity contribution >= 4 is 0 Å². The quantitative estimate of drug-likeness (QED) is 0.643. The van der Waals surface area contributed by atoms with Crippen LogP contribution in [0.25, 0.3) is 0 Å². The molecule has 0 saturated carbocycles. The Morgan fingerprint density at radius 2 is 2.10 bits per heavy atom. The summed E-state index contributed by atoms with van der Waals surface area (Å²) in [5, 5.41) is 11.8. The third kappa shape index (κ3) is 3.47. The minimum Gasteiger partial charge on any atom is -0.313 e. The van der Waals surface area contributed by atoms with Gasteiger partial charge in [0.05, 0.1) is 12.0 Å². The molecule has 0 aromatic heterocycles. The average Bonchev–Trinajstić information content (AvgIpc) is 1.98. The van der Waals surface area contributed by atoms with Crippen molar-refractivity contribution in [3.05, 3.63) is 0 Å². The standard InChI is InChI=1S/C8H16N2/c1-4-5-10-8(3)7(2)6-9/h7-8,10H,4-5H2,1-3H3. The molecule has 58 valence electrons. The second-order valence-electron chi connectivity index (χ2n) is 2.66. The lowest BCUT2D eigenvalue weighted by Crippen LogP contribution is -2.31. The minimum atomic E-state index is 0.117. The molecule has 10 heavy (non-hydrogen) atoms. The molecule has 0 aliphatic rings. The van der Waals surface area contributed by atoms with E-state index in [0.29, 0.717) is 6.04 Å². The molecule has 0 saturated heterocycles. The monoisotopic (exact) mass is 140 g/mol. The maximum Gasteiger partial charge on any atom is 0.0669 e. The molecule has 0 fully saturated rings. The van der Waals surface area contributed by atoms with Crippen LogP contribution in [0.5, 0.6) is 0 Å². The predicted molar refractivity (Wildman–Crippen MR) is 42.5 cm³/mol. The van der Waals surface area contributed by atoms with Crippen molar-refractivity contribution in [3.8, 4) is 6.07 Å². The van der Waals surface area contributed by atoms with Gasteiger partial charge in [-0.05, 0) is 26.8 Å². The maximum atomic E-state index is 8.51. The Hall–Kier alpha value is -0.550. The zero-order valence-corrected chi connectivity index (χ0v) is 7.02. The Bertz CT molecular complexity index is 115. The Morgan fingerprint density at radius 1 is 1.50 bits per heavy atom. The molecule has 1 N–H and O–H groups in total. The van der Waals surface area contributed by atoms with Crippen molar-refractivity contribution in [2.24, 2.45) is 5.92 Å². The van der Waals surface area contributed by atoms with Crippen LogP contribution in [0.15, 0.2) is 0 Å². The summed E-state index contributed by atoms with van der Waals surface area (Å²) in [5.74, 6) is 0.117. The molecule has 0 spiro atoms. The van der Waals surface area contributed by atoms with Crippen molar-refractivity contribution in [2.45, 2.75) is 33.2 Å². The molecule has 0 amide bonds. The van der Waals surface area contributed by atoms with E-state index in [1.54, 1.807) is 0 Å². The summed E-state index contributed by atoms with van der Waals surface area (Å²) < 4.78 is 0. The highest BCUT2D eigenvalue weighted by Gasteiger charge is 2.08. The van der Waals surface area contributed by atoms with Crippen LogP contribution in [0, 0.1) is 17.2 Å². The molecule has 0 bridgehead atoms. The Kier molecular flexibility index (Phi) is 4.96. The number of nitrogens with one attached hydrogen (secondary N) is 1. The van der Waals surface area contributed by atoms with E-state index in [-0.39, 0.29) is 5.92 Å². The van der Waals surface area contributed by atoms with Crippen LogP contribution in [0.1, 0.15) is 27.2 Å². The van der Waals surface area contributed by atoms with Crippen molar-refractivity contribution in [1.29, 1.82) is 5.26 Å². The first-order valence-electron chi connectivity index (χ1n) is 3.85. The SMILES string of the molecule is CCCNC(C)C(C)C#N. The normalized spacial score (nSPS) is 15.8. The molecule has 0 aromatic rings. The van der Waals surface area contributed by atoms with E-state index in [2.05, 4.69) is 18.3 Å². The van der Waals surface area contributed by atoms with Gasteiger partial charge in [0.25, 0.3) is 0 Å². The van der Waals surface area contributed by atoms with Gasteiger partial charge in [0.2, 0.25) is 0 Å². The summed E-state index contributed by atoms with van der Waals surface area (Å²) in [4.78, 5) is 0. The van der Waals surface area contributed by atoms with Gasteiger partial charge in [-0.25, -0.2) is 0 Å². The van der Waals surface area contributed by atoms with Crippen LogP contribution in [0.4, 0.5) is 0 Å². The van der Waals surface area contributed by atoms with E-state index in [1.807, 2.05) is 13.8 Å². The van der Waals surface area contributed by atoms with Crippen LogP contribution in [-0.2, 0) is 0 Å². The van der Waals surface area contributed by atoms with Crippen molar-refractivity contribution in [1.82, 2.24) is 5.32 Å². The first kappa shape index (κ1) is 9.45. The molecule has 2 nitrogen and oxygen atoms in total.